The molecule has 0 fully saturated rings. The summed E-state index contributed by atoms with van der Waals surface area (Å²) in [7, 11) is 2.06. The number of rotatable bonds is 6. The first-order valence-corrected chi connectivity index (χ1v) is 6.92. The Hall–Kier alpha value is -1.71. The first-order chi connectivity index (χ1) is 9.63. The monoisotopic (exact) mass is 290 g/mol. The average Bonchev–Trinajstić information content (AvgIpc) is 2.41. The van der Waals surface area contributed by atoms with E-state index in [2.05, 4.69) is 18.0 Å². The van der Waals surface area contributed by atoms with E-state index in [1.807, 2.05) is 42.5 Å². The van der Waals surface area contributed by atoms with Crippen LogP contribution in [-0.2, 0) is 6.54 Å². The molecule has 2 N–H and O–H groups in total. The van der Waals surface area contributed by atoms with Crippen molar-refractivity contribution < 1.29 is 4.74 Å². The van der Waals surface area contributed by atoms with E-state index in [-0.39, 0.29) is 0 Å². The molecule has 0 bridgehead atoms. The Morgan fingerprint density at radius 3 is 2.60 bits per heavy atom. The van der Waals surface area contributed by atoms with E-state index in [1.165, 1.54) is 5.56 Å². The molecule has 0 amide bonds. The van der Waals surface area contributed by atoms with Crippen molar-refractivity contribution in [3.63, 3.8) is 0 Å². The van der Waals surface area contributed by atoms with Gasteiger partial charge in [0.1, 0.15) is 12.4 Å². The van der Waals surface area contributed by atoms with Gasteiger partial charge in [0.2, 0.25) is 0 Å². The van der Waals surface area contributed by atoms with E-state index in [0.717, 1.165) is 29.5 Å². The second-order valence-electron chi connectivity index (χ2n) is 4.79. The Morgan fingerprint density at radius 2 is 1.90 bits per heavy atom. The van der Waals surface area contributed by atoms with Crippen molar-refractivity contribution in [2.45, 2.75) is 6.54 Å². The van der Waals surface area contributed by atoms with Gasteiger partial charge in [0.05, 0.1) is 0 Å². The predicted molar refractivity (Wildman–Crippen MR) is 84.1 cm³/mol. The molecule has 20 heavy (non-hydrogen) atoms. The summed E-state index contributed by atoms with van der Waals surface area (Å²) in [5, 5.41) is 0.772. The molecule has 2 aromatic carbocycles. The molecule has 106 valence electrons. The van der Waals surface area contributed by atoms with Gasteiger partial charge in [-0.05, 0) is 49.0 Å². The highest BCUT2D eigenvalue weighted by molar-refractivity contribution is 6.30. The van der Waals surface area contributed by atoms with E-state index < -0.39 is 0 Å². The molecule has 0 aliphatic rings. The van der Waals surface area contributed by atoms with Crippen molar-refractivity contribution in [2.24, 2.45) is 0 Å². The Labute approximate surface area is 124 Å². The van der Waals surface area contributed by atoms with Crippen LogP contribution in [-0.4, -0.2) is 25.1 Å². The maximum atomic E-state index is 5.97. The van der Waals surface area contributed by atoms with Crippen molar-refractivity contribution in [2.75, 3.05) is 25.9 Å². The summed E-state index contributed by atoms with van der Waals surface area (Å²) in [6.07, 6.45) is 0. The first kappa shape index (κ1) is 14.7. The Kier molecular flexibility index (Phi) is 5.27. The molecule has 0 saturated heterocycles. The lowest BCUT2D eigenvalue weighted by molar-refractivity contribution is 0.233. The summed E-state index contributed by atoms with van der Waals surface area (Å²) in [5.74, 6) is 0.843. The minimum atomic E-state index is 0.640. The lowest BCUT2D eigenvalue weighted by atomic mass is 10.2. The van der Waals surface area contributed by atoms with Gasteiger partial charge in [-0.1, -0.05) is 23.7 Å². The van der Waals surface area contributed by atoms with Crippen molar-refractivity contribution in [3.8, 4) is 5.75 Å². The standard InChI is InChI=1S/C16H19ClN2O/c1-19(12-13-3-2-4-14(17)11-13)9-10-20-16-7-5-15(18)6-8-16/h2-8,11H,9-10,12,18H2,1H3. The quantitative estimate of drug-likeness (QED) is 0.828. The largest absolute Gasteiger partial charge is 0.492 e. The minimum Gasteiger partial charge on any atom is -0.492 e. The molecule has 0 spiro atoms. The van der Waals surface area contributed by atoms with Crippen LogP contribution in [0.5, 0.6) is 5.75 Å². The van der Waals surface area contributed by atoms with E-state index in [4.69, 9.17) is 22.1 Å². The highest BCUT2D eigenvalue weighted by atomic mass is 35.5. The molecule has 2 aromatic rings. The van der Waals surface area contributed by atoms with Crippen LogP contribution >= 0.6 is 11.6 Å². The fourth-order valence-corrected chi connectivity index (χ4v) is 2.12. The molecule has 2 rings (SSSR count). The number of nitrogens with two attached hydrogens (primary N) is 1. The lowest BCUT2D eigenvalue weighted by Crippen LogP contribution is -2.23. The molecule has 0 unspecified atom stereocenters. The molecular formula is C16H19ClN2O. The molecule has 0 aliphatic heterocycles. The number of halogens is 1. The fourth-order valence-electron chi connectivity index (χ4n) is 1.91. The summed E-state index contributed by atoms with van der Waals surface area (Å²) in [6.45, 7) is 2.34. The molecule has 0 atom stereocenters. The Balaban J connectivity index is 1.75. The number of likely N-dealkylation sites (N-methyl/N-ethyl adjacent to an activating group) is 1. The number of nitrogens with zero attached hydrogens (tertiary/aromatic N) is 1. The smallest absolute Gasteiger partial charge is 0.119 e. The summed E-state index contributed by atoms with van der Waals surface area (Å²) < 4.78 is 5.67. The molecular weight excluding hydrogens is 272 g/mol. The van der Waals surface area contributed by atoms with Gasteiger partial charge in [-0.25, -0.2) is 0 Å². The number of benzene rings is 2. The molecule has 0 aliphatic carbocycles. The Bertz CT molecular complexity index is 542. The third-order valence-electron chi connectivity index (χ3n) is 2.96. The molecule has 0 saturated carbocycles. The number of anilines is 1. The van der Waals surface area contributed by atoms with Crippen LogP contribution in [0.1, 0.15) is 5.56 Å². The topological polar surface area (TPSA) is 38.5 Å². The van der Waals surface area contributed by atoms with Gasteiger partial charge in [-0.3, -0.25) is 4.90 Å². The van der Waals surface area contributed by atoms with Crippen LogP contribution in [0.3, 0.4) is 0 Å². The van der Waals surface area contributed by atoms with Crippen molar-refractivity contribution in [1.29, 1.82) is 0 Å². The van der Waals surface area contributed by atoms with Gasteiger partial charge >= 0.3 is 0 Å². The summed E-state index contributed by atoms with van der Waals surface area (Å²) >= 11 is 5.97. The number of ether oxygens (including phenoxy) is 1. The van der Waals surface area contributed by atoms with E-state index in [9.17, 15) is 0 Å². The summed E-state index contributed by atoms with van der Waals surface area (Å²) in [4.78, 5) is 2.20. The average molecular weight is 291 g/mol. The van der Waals surface area contributed by atoms with Gasteiger partial charge in [-0.2, -0.15) is 0 Å². The molecule has 0 heterocycles. The van der Waals surface area contributed by atoms with Crippen LogP contribution in [0.4, 0.5) is 5.69 Å². The lowest BCUT2D eigenvalue weighted by Gasteiger charge is -2.17. The highest BCUT2D eigenvalue weighted by Crippen LogP contribution is 2.14. The fraction of sp³-hybridized carbons (Fsp3) is 0.250. The minimum absolute atomic E-state index is 0.640. The van der Waals surface area contributed by atoms with Crippen molar-refractivity contribution in [3.05, 3.63) is 59.1 Å². The van der Waals surface area contributed by atoms with Crippen LogP contribution in [0.15, 0.2) is 48.5 Å². The van der Waals surface area contributed by atoms with Crippen LogP contribution in [0.2, 0.25) is 5.02 Å². The first-order valence-electron chi connectivity index (χ1n) is 6.55. The third-order valence-corrected chi connectivity index (χ3v) is 3.20. The molecule has 0 aromatic heterocycles. The van der Waals surface area contributed by atoms with Crippen LogP contribution in [0, 0.1) is 0 Å². The zero-order chi connectivity index (χ0) is 14.4. The van der Waals surface area contributed by atoms with Gasteiger partial charge in [0.15, 0.2) is 0 Å². The van der Waals surface area contributed by atoms with E-state index in [1.54, 1.807) is 0 Å². The van der Waals surface area contributed by atoms with E-state index >= 15 is 0 Å². The highest BCUT2D eigenvalue weighted by Gasteiger charge is 2.01. The summed E-state index contributed by atoms with van der Waals surface area (Å²) in [5.41, 5.74) is 7.57. The number of hydrogen-bond donors (Lipinski definition) is 1. The van der Waals surface area contributed by atoms with Crippen molar-refractivity contribution >= 4 is 17.3 Å². The third kappa shape index (κ3) is 4.76. The second-order valence-corrected chi connectivity index (χ2v) is 5.22. The zero-order valence-electron chi connectivity index (χ0n) is 11.6. The normalized spacial score (nSPS) is 10.8. The SMILES string of the molecule is CN(CCOc1ccc(N)cc1)Cc1cccc(Cl)c1. The van der Waals surface area contributed by atoms with Gasteiger partial charge in [-0.15, -0.1) is 0 Å². The molecule has 4 heteroatoms. The van der Waals surface area contributed by atoms with E-state index in [0.29, 0.717) is 6.61 Å². The molecule has 3 nitrogen and oxygen atoms in total. The van der Waals surface area contributed by atoms with Gasteiger partial charge in [0, 0.05) is 23.8 Å². The number of nitrogen functional groups attached to an aromatic ring is 1. The maximum absolute atomic E-state index is 5.97. The summed E-state index contributed by atoms with van der Waals surface area (Å²) in [6, 6.07) is 15.3. The molecule has 0 radical (unpaired) electrons. The van der Waals surface area contributed by atoms with Crippen LogP contribution < -0.4 is 10.5 Å². The number of hydrogen-bond acceptors (Lipinski definition) is 3. The second kappa shape index (κ2) is 7.17. The Morgan fingerprint density at radius 1 is 1.15 bits per heavy atom. The van der Waals surface area contributed by atoms with Gasteiger partial charge in [0.25, 0.3) is 0 Å². The zero-order valence-corrected chi connectivity index (χ0v) is 12.3. The van der Waals surface area contributed by atoms with Gasteiger partial charge < -0.3 is 10.5 Å². The maximum Gasteiger partial charge on any atom is 0.119 e. The van der Waals surface area contributed by atoms with Crippen LogP contribution in [0.25, 0.3) is 0 Å². The predicted octanol–water partition coefficient (Wildman–Crippen LogP) is 3.43. The van der Waals surface area contributed by atoms with Crippen molar-refractivity contribution in [1.82, 2.24) is 4.90 Å².